The van der Waals surface area contributed by atoms with E-state index >= 15 is 0 Å². The summed E-state index contributed by atoms with van der Waals surface area (Å²) in [5.41, 5.74) is -1.18. The quantitative estimate of drug-likeness (QED) is 0.428. The fraction of sp³-hybridized carbons (Fsp3) is 0.679. The number of allylic oxidation sites excluding steroid dienone is 1. The number of hydrogen-bond acceptors (Lipinski definition) is 9. The molecule has 1 saturated carbocycles. The maximum absolute atomic E-state index is 14.0. The van der Waals surface area contributed by atoms with Crippen molar-refractivity contribution in [2.45, 2.75) is 84.7 Å². The molecule has 0 amide bonds. The van der Waals surface area contributed by atoms with E-state index in [4.69, 9.17) is 14.2 Å². The average Bonchev–Trinajstić information content (AvgIpc) is 3.07. The minimum atomic E-state index is -1.21. The van der Waals surface area contributed by atoms with Gasteiger partial charge >= 0.3 is 11.9 Å². The molecule has 4 rings (SSSR count). The Morgan fingerprint density at radius 1 is 1.24 bits per heavy atom. The summed E-state index contributed by atoms with van der Waals surface area (Å²) in [6.45, 7) is 10.9. The molecule has 0 spiro atoms. The molecule has 1 saturated heterocycles. The zero-order chi connectivity index (χ0) is 27.7. The van der Waals surface area contributed by atoms with Gasteiger partial charge in [0.25, 0.3) is 0 Å². The molecule has 0 aromatic rings. The molecule has 6 unspecified atom stereocenters. The normalized spacial score (nSPS) is 36.7. The monoisotopic (exact) mass is 517 g/mol. The lowest BCUT2D eigenvalue weighted by Gasteiger charge is -2.54. The Morgan fingerprint density at radius 3 is 2.46 bits per heavy atom. The molecule has 0 aromatic carbocycles. The molecule has 204 valence electrons. The van der Waals surface area contributed by atoms with Gasteiger partial charge in [-0.3, -0.25) is 9.59 Å². The number of methoxy groups -OCH3 is 1. The van der Waals surface area contributed by atoms with Gasteiger partial charge in [-0.2, -0.15) is 0 Å². The van der Waals surface area contributed by atoms with E-state index in [-0.39, 0.29) is 29.2 Å². The van der Waals surface area contributed by atoms with Gasteiger partial charge in [-0.05, 0) is 58.4 Å². The van der Waals surface area contributed by atoms with Crippen LogP contribution in [-0.2, 0) is 28.6 Å². The zero-order valence-electron chi connectivity index (χ0n) is 23.0. The summed E-state index contributed by atoms with van der Waals surface area (Å²) in [7, 11) is 3.29. The highest BCUT2D eigenvalue weighted by Crippen LogP contribution is 2.63. The maximum Gasteiger partial charge on any atom is 0.340 e. The summed E-state index contributed by atoms with van der Waals surface area (Å²) >= 11 is 0. The highest BCUT2D eigenvalue weighted by molar-refractivity contribution is 6.13. The van der Waals surface area contributed by atoms with Crippen LogP contribution in [0.5, 0.6) is 0 Å². The van der Waals surface area contributed by atoms with Crippen LogP contribution in [0.2, 0.25) is 0 Å². The fourth-order valence-corrected chi connectivity index (χ4v) is 6.66. The first kappa shape index (κ1) is 27.4. The van der Waals surface area contributed by atoms with E-state index in [1.54, 1.807) is 13.2 Å². The van der Waals surface area contributed by atoms with Gasteiger partial charge in [-0.1, -0.05) is 6.92 Å². The molecule has 9 nitrogen and oxygen atoms in total. The average molecular weight is 518 g/mol. The first-order valence-corrected chi connectivity index (χ1v) is 12.8. The molecule has 0 bridgehead atoms. The van der Waals surface area contributed by atoms with Crippen LogP contribution in [-0.4, -0.2) is 77.4 Å². The van der Waals surface area contributed by atoms with Crippen molar-refractivity contribution in [1.82, 2.24) is 4.90 Å². The lowest BCUT2D eigenvalue weighted by molar-refractivity contribution is -0.161. The summed E-state index contributed by atoms with van der Waals surface area (Å²) < 4.78 is 17.2. The summed E-state index contributed by atoms with van der Waals surface area (Å²) in [6, 6.07) is 0. The van der Waals surface area contributed by atoms with Crippen LogP contribution in [0.25, 0.3) is 0 Å². The predicted octanol–water partition coefficient (Wildman–Crippen LogP) is 2.98. The van der Waals surface area contributed by atoms with Crippen molar-refractivity contribution in [1.29, 1.82) is 0 Å². The van der Waals surface area contributed by atoms with E-state index in [0.717, 1.165) is 0 Å². The summed E-state index contributed by atoms with van der Waals surface area (Å²) in [5, 5.41) is 22.4. The molecule has 37 heavy (non-hydrogen) atoms. The molecule has 9 heteroatoms. The Hall–Kier alpha value is -2.65. The largest absolute Gasteiger partial charge is 0.504 e. The number of carbonyl (C=O) groups is 3. The Bertz CT molecular complexity index is 1130. The molecular weight excluding hydrogens is 478 g/mol. The Morgan fingerprint density at radius 2 is 1.89 bits per heavy atom. The third-order valence-corrected chi connectivity index (χ3v) is 9.04. The van der Waals surface area contributed by atoms with Crippen LogP contribution >= 0.6 is 0 Å². The first-order valence-electron chi connectivity index (χ1n) is 12.8. The Kier molecular flexibility index (Phi) is 6.65. The van der Waals surface area contributed by atoms with E-state index in [2.05, 4.69) is 0 Å². The number of esters is 2. The van der Waals surface area contributed by atoms with Gasteiger partial charge in [-0.25, -0.2) is 4.79 Å². The lowest BCUT2D eigenvalue weighted by atomic mass is 9.53. The van der Waals surface area contributed by atoms with Crippen molar-refractivity contribution in [2.75, 3.05) is 20.8 Å². The summed E-state index contributed by atoms with van der Waals surface area (Å²) in [5.74, 6) is -2.65. The van der Waals surface area contributed by atoms with E-state index in [1.807, 2.05) is 39.5 Å². The van der Waals surface area contributed by atoms with Crippen LogP contribution in [0.15, 0.2) is 34.3 Å². The second kappa shape index (κ2) is 8.98. The second-order valence-electron chi connectivity index (χ2n) is 12.2. The first-order chi connectivity index (χ1) is 17.1. The van der Waals surface area contributed by atoms with Crippen molar-refractivity contribution in [3.8, 4) is 0 Å². The third kappa shape index (κ3) is 4.02. The van der Waals surface area contributed by atoms with Gasteiger partial charge in [0.15, 0.2) is 5.76 Å². The molecule has 0 aromatic heterocycles. The minimum absolute atomic E-state index is 0.00370. The molecule has 3 aliphatic carbocycles. The van der Waals surface area contributed by atoms with Gasteiger partial charge < -0.3 is 29.3 Å². The molecule has 1 aliphatic heterocycles. The smallest absolute Gasteiger partial charge is 0.340 e. The van der Waals surface area contributed by atoms with Crippen LogP contribution in [0.1, 0.15) is 60.8 Å². The second-order valence-corrected chi connectivity index (χ2v) is 12.2. The van der Waals surface area contributed by atoms with Crippen LogP contribution in [0, 0.1) is 16.7 Å². The number of cyclic esters (lactones) is 1. The van der Waals surface area contributed by atoms with E-state index in [1.165, 1.54) is 14.0 Å². The van der Waals surface area contributed by atoms with Gasteiger partial charge in [0.05, 0.1) is 23.7 Å². The van der Waals surface area contributed by atoms with Crippen LogP contribution in [0.4, 0.5) is 0 Å². The number of Topliss-reactive ketones (excluding diaryl/α,β-unsaturated/α-hetero) is 1. The number of ketones is 1. The maximum atomic E-state index is 14.0. The summed E-state index contributed by atoms with van der Waals surface area (Å²) in [4.78, 5) is 41.4. The number of hydrogen-bond donors (Lipinski definition) is 2. The zero-order valence-corrected chi connectivity index (χ0v) is 23.0. The molecule has 0 radical (unpaired) electrons. The SMILES string of the molecule is COCC1OC(=O)/C(=C\N(C)C(C)(C)C)C2=C(O)C(=O)C3=C(C(OC(C)=O)CC4(C)C(O)CCC34)C21C. The van der Waals surface area contributed by atoms with Crippen molar-refractivity contribution in [3.05, 3.63) is 34.3 Å². The Balaban J connectivity index is 2.03. The molecule has 2 N–H and O–H groups in total. The number of fused-ring (bicyclic) bond motifs is 4. The minimum Gasteiger partial charge on any atom is -0.504 e. The van der Waals surface area contributed by atoms with Crippen LogP contribution < -0.4 is 0 Å². The van der Waals surface area contributed by atoms with Gasteiger partial charge in [0.2, 0.25) is 5.78 Å². The van der Waals surface area contributed by atoms with Crippen molar-refractivity contribution in [3.63, 3.8) is 0 Å². The van der Waals surface area contributed by atoms with Gasteiger partial charge in [0.1, 0.15) is 12.2 Å². The van der Waals surface area contributed by atoms with E-state index in [9.17, 15) is 24.6 Å². The number of aliphatic hydroxyl groups excluding tert-OH is 2. The molecule has 4 aliphatic rings. The molecular formula is C28H39NO8. The molecule has 1 heterocycles. The predicted molar refractivity (Wildman–Crippen MR) is 134 cm³/mol. The summed E-state index contributed by atoms with van der Waals surface area (Å²) in [6.07, 6.45) is 0.529. The number of carbonyl (C=O) groups excluding carboxylic acids is 3. The highest BCUT2D eigenvalue weighted by atomic mass is 16.6. The molecule has 2 fully saturated rings. The number of ether oxygens (including phenoxy) is 3. The lowest BCUT2D eigenvalue weighted by Crippen LogP contribution is -2.57. The van der Waals surface area contributed by atoms with Crippen molar-refractivity contribution >= 4 is 17.7 Å². The fourth-order valence-electron chi connectivity index (χ4n) is 6.66. The Labute approximate surface area is 218 Å². The standard InChI is InChI=1S/C28H39NO8/c1-14(30)36-17-11-27(5)16(9-10-18(27)31)20-22(17)28(6)19(13-35-8)37-25(34)15(12-29(7)26(2,3)4)21(28)24(33)23(20)32/h12,16-19,31,33H,9-11,13H2,1-8H3/b15-12-. The third-order valence-electron chi connectivity index (χ3n) is 9.04. The van der Waals surface area contributed by atoms with Crippen molar-refractivity contribution < 1.29 is 38.8 Å². The van der Waals surface area contributed by atoms with Gasteiger partial charge in [0, 0.05) is 49.4 Å². The number of rotatable bonds is 4. The number of nitrogens with zero attached hydrogens (tertiary/aromatic N) is 1. The van der Waals surface area contributed by atoms with Gasteiger partial charge in [-0.15, -0.1) is 0 Å². The topological polar surface area (TPSA) is 123 Å². The highest BCUT2D eigenvalue weighted by Gasteiger charge is 2.64. The number of aliphatic hydroxyl groups is 2. The van der Waals surface area contributed by atoms with E-state index < -0.39 is 52.6 Å². The van der Waals surface area contributed by atoms with Crippen molar-refractivity contribution in [2.24, 2.45) is 16.7 Å². The van der Waals surface area contributed by atoms with E-state index in [0.29, 0.717) is 30.4 Å². The van der Waals surface area contributed by atoms with Crippen LogP contribution in [0.3, 0.4) is 0 Å². The molecule has 6 atom stereocenters.